The van der Waals surface area contributed by atoms with Gasteiger partial charge in [-0.15, -0.1) is 0 Å². The van der Waals surface area contributed by atoms with E-state index in [0.717, 1.165) is 38.8 Å². The maximum absolute atomic E-state index is 14.5. The lowest BCUT2D eigenvalue weighted by atomic mass is 9.65. The molecule has 2 heterocycles. The van der Waals surface area contributed by atoms with E-state index in [1.54, 1.807) is 6.92 Å². The van der Waals surface area contributed by atoms with Crippen LogP contribution in [-0.4, -0.2) is 92.4 Å². The van der Waals surface area contributed by atoms with Crippen LogP contribution in [0.15, 0.2) is 4.99 Å². The Balaban J connectivity index is 1.90. The Bertz CT molecular complexity index is 878. The van der Waals surface area contributed by atoms with Crippen molar-refractivity contribution in [2.75, 3.05) is 52.5 Å². The van der Waals surface area contributed by atoms with Gasteiger partial charge >= 0.3 is 6.09 Å². The zero-order chi connectivity index (χ0) is 30.2. The number of rotatable bonds is 13. The number of nitrogens with zero attached hydrogens (tertiary/aromatic N) is 4. The van der Waals surface area contributed by atoms with E-state index in [2.05, 4.69) is 30.6 Å². The second-order valence-electron chi connectivity index (χ2n) is 12.4. The molecule has 1 aliphatic carbocycles. The Labute approximate surface area is 253 Å². The van der Waals surface area contributed by atoms with Crippen LogP contribution in [0.2, 0.25) is 0 Å². The zero-order valence-corrected chi connectivity index (χ0v) is 26.5. The van der Waals surface area contributed by atoms with Gasteiger partial charge in [-0.3, -0.25) is 10.1 Å². The van der Waals surface area contributed by atoms with Crippen LogP contribution < -0.4 is 10.6 Å². The normalized spacial score (nSPS) is 20.9. The molecule has 2 saturated heterocycles. The highest BCUT2D eigenvalue weighted by molar-refractivity contribution is 5.96. The molecular formula is C32H56N6O4. The minimum Gasteiger partial charge on any atom is -0.450 e. The SMILES string of the molecule is CCCC1(CCC)CCC(CC(N=C(NC(=O)OCC)N2CCOCC2)C(=O)N(CCCC#N)C2CCNCC2)CC1. The van der Waals surface area contributed by atoms with Crippen molar-refractivity contribution >= 4 is 18.0 Å². The predicted octanol–water partition coefficient (Wildman–Crippen LogP) is 4.84. The van der Waals surface area contributed by atoms with Crippen LogP contribution in [-0.2, 0) is 14.3 Å². The number of nitrogens with one attached hydrogen (secondary N) is 2. The minimum absolute atomic E-state index is 0.0233. The fourth-order valence-corrected chi connectivity index (χ4v) is 7.22. The molecular weight excluding hydrogens is 532 g/mol. The molecule has 42 heavy (non-hydrogen) atoms. The molecule has 1 atom stereocenters. The van der Waals surface area contributed by atoms with Crippen LogP contribution in [0.1, 0.15) is 104 Å². The number of hydrogen-bond acceptors (Lipinski definition) is 7. The van der Waals surface area contributed by atoms with E-state index >= 15 is 0 Å². The molecule has 0 aromatic rings. The van der Waals surface area contributed by atoms with Crippen molar-refractivity contribution in [2.45, 2.75) is 116 Å². The first-order valence-corrected chi connectivity index (χ1v) is 16.7. The zero-order valence-electron chi connectivity index (χ0n) is 26.5. The van der Waals surface area contributed by atoms with E-state index < -0.39 is 12.1 Å². The van der Waals surface area contributed by atoms with Crippen molar-refractivity contribution in [1.29, 1.82) is 5.26 Å². The molecule has 0 spiro atoms. The van der Waals surface area contributed by atoms with E-state index in [9.17, 15) is 14.9 Å². The highest BCUT2D eigenvalue weighted by Gasteiger charge is 2.37. The molecule has 0 bridgehead atoms. The van der Waals surface area contributed by atoms with E-state index in [1.807, 2.05) is 9.80 Å². The summed E-state index contributed by atoms with van der Waals surface area (Å²) in [6.07, 6.45) is 12.6. The van der Waals surface area contributed by atoms with Crippen molar-refractivity contribution in [1.82, 2.24) is 20.4 Å². The third kappa shape index (κ3) is 10.4. The van der Waals surface area contributed by atoms with Gasteiger partial charge in [-0.05, 0) is 95.6 Å². The Morgan fingerprint density at radius 1 is 1.12 bits per heavy atom. The molecule has 3 rings (SSSR count). The average Bonchev–Trinajstić information content (AvgIpc) is 3.01. The molecule has 1 unspecified atom stereocenters. The number of ether oxygens (including phenoxy) is 2. The first-order valence-electron chi connectivity index (χ1n) is 16.7. The van der Waals surface area contributed by atoms with Crippen LogP contribution in [0.4, 0.5) is 4.79 Å². The van der Waals surface area contributed by atoms with E-state index in [-0.39, 0.29) is 18.6 Å². The summed E-state index contributed by atoms with van der Waals surface area (Å²) in [6, 6.07) is 1.77. The number of carbonyl (C=O) groups is 2. The van der Waals surface area contributed by atoms with Crippen molar-refractivity contribution in [2.24, 2.45) is 16.3 Å². The third-order valence-corrected chi connectivity index (χ3v) is 9.37. The summed E-state index contributed by atoms with van der Waals surface area (Å²) >= 11 is 0. The summed E-state index contributed by atoms with van der Waals surface area (Å²) in [5.41, 5.74) is 0.436. The second kappa shape index (κ2) is 18.3. The number of piperidine rings is 1. The van der Waals surface area contributed by atoms with Gasteiger partial charge in [-0.1, -0.05) is 26.7 Å². The van der Waals surface area contributed by atoms with Crippen LogP contribution >= 0.6 is 0 Å². The fraction of sp³-hybridized carbons (Fsp3) is 0.875. The molecule has 1 saturated carbocycles. The number of aliphatic imine (C=N–C) groups is 1. The fourth-order valence-electron chi connectivity index (χ4n) is 7.22. The van der Waals surface area contributed by atoms with Gasteiger partial charge in [-0.25, -0.2) is 9.79 Å². The molecule has 2 amide bonds. The highest BCUT2D eigenvalue weighted by atomic mass is 16.5. The van der Waals surface area contributed by atoms with Gasteiger partial charge in [0.15, 0.2) is 0 Å². The van der Waals surface area contributed by atoms with Gasteiger partial charge in [0.05, 0.1) is 25.9 Å². The van der Waals surface area contributed by atoms with Gasteiger partial charge in [0.25, 0.3) is 0 Å². The third-order valence-electron chi connectivity index (χ3n) is 9.37. The first-order chi connectivity index (χ1) is 20.4. The predicted molar refractivity (Wildman–Crippen MR) is 165 cm³/mol. The molecule has 2 N–H and O–H groups in total. The molecule has 0 aromatic carbocycles. The van der Waals surface area contributed by atoms with Crippen LogP contribution in [0.25, 0.3) is 0 Å². The quantitative estimate of drug-likeness (QED) is 0.179. The molecule has 10 nitrogen and oxygen atoms in total. The summed E-state index contributed by atoms with van der Waals surface area (Å²) in [6.45, 7) is 11.2. The van der Waals surface area contributed by atoms with Gasteiger partial charge in [0.1, 0.15) is 6.04 Å². The van der Waals surface area contributed by atoms with Crippen molar-refractivity contribution in [3.8, 4) is 6.07 Å². The number of nitriles is 1. The Kier molecular flexibility index (Phi) is 14.9. The standard InChI is InChI=1S/C32H56N6O4/c1-4-13-32(14-5-2)15-9-26(10-16-32)25-28(29(39)38(20-8-7-17-33)27-11-18-34-19-12-27)35-30(36-31(40)42-6-3)37-21-23-41-24-22-37/h26-28,34H,4-16,18-25H2,1-3H3,(H,35,36,40). The average molecular weight is 589 g/mol. The highest BCUT2D eigenvalue weighted by Crippen LogP contribution is 2.47. The van der Waals surface area contributed by atoms with E-state index in [0.29, 0.717) is 69.4 Å². The summed E-state index contributed by atoms with van der Waals surface area (Å²) in [5, 5.41) is 15.5. The Morgan fingerprint density at radius 2 is 1.79 bits per heavy atom. The number of morpholine rings is 1. The Hall–Kier alpha value is -2.38. The van der Waals surface area contributed by atoms with Crippen LogP contribution in [0, 0.1) is 22.7 Å². The topological polar surface area (TPSA) is 119 Å². The van der Waals surface area contributed by atoms with Crippen LogP contribution in [0.3, 0.4) is 0 Å². The number of carbonyl (C=O) groups excluding carboxylic acids is 2. The number of unbranched alkanes of at least 4 members (excludes halogenated alkanes) is 1. The van der Waals surface area contributed by atoms with Gasteiger partial charge < -0.3 is 24.6 Å². The molecule has 3 aliphatic rings. The van der Waals surface area contributed by atoms with Gasteiger partial charge in [-0.2, -0.15) is 5.26 Å². The van der Waals surface area contributed by atoms with E-state index in [1.165, 1.54) is 38.5 Å². The summed E-state index contributed by atoms with van der Waals surface area (Å²) in [7, 11) is 0. The summed E-state index contributed by atoms with van der Waals surface area (Å²) < 4.78 is 10.8. The lowest BCUT2D eigenvalue weighted by Crippen LogP contribution is -2.52. The summed E-state index contributed by atoms with van der Waals surface area (Å²) in [5.74, 6) is 0.835. The minimum atomic E-state index is -0.600. The molecule has 0 radical (unpaired) electrons. The van der Waals surface area contributed by atoms with Crippen molar-refractivity contribution < 1.29 is 19.1 Å². The smallest absolute Gasteiger partial charge is 0.413 e. The monoisotopic (exact) mass is 588 g/mol. The lowest BCUT2D eigenvalue weighted by Gasteiger charge is -2.42. The van der Waals surface area contributed by atoms with E-state index in [4.69, 9.17) is 14.5 Å². The number of alkyl carbamates (subject to hydrolysis) is 1. The molecule has 0 aromatic heterocycles. The largest absolute Gasteiger partial charge is 0.450 e. The maximum atomic E-state index is 14.5. The molecule has 10 heteroatoms. The molecule has 3 fully saturated rings. The van der Waals surface area contributed by atoms with Gasteiger partial charge in [0, 0.05) is 32.1 Å². The summed E-state index contributed by atoms with van der Waals surface area (Å²) in [4.78, 5) is 36.2. The van der Waals surface area contributed by atoms with Crippen molar-refractivity contribution in [3.05, 3.63) is 0 Å². The second-order valence-corrected chi connectivity index (χ2v) is 12.4. The maximum Gasteiger partial charge on any atom is 0.413 e. The van der Waals surface area contributed by atoms with Crippen molar-refractivity contribution in [3.63, 3.8) is 0 Å². The Morgan fingerprint density at radius 3 is 2.38 bits per heavy atom. The van der Waals surface area contributed by atoms with Gasteiger partial charge in [0.2, 0.25) is 11.9 Å². The van der Waals surface area contributed by atoms with Crippen LogP contribution in [0.5, 0.6) is 0 Å². The number of guanidine groups is 1. The first kappa shape index (κ1) is 34.1. The lowest BCUT2D eigenvalue weighted by molar-refractivity contribution is -0.136. The molecule has 238 valence electrons. The number of hydrogen-bond donors (Lipinski definition) is 2. The number of amides is 2. The molecule has 2 aliphatic heterocycles.